The van der Waals surface area contributed by atoms with Crippen molar-refractivity contribution in [3.8, 4) is 5.75 Å². The molecule has 15 heavy (non-hydrogen) atoms. The van der Waals surface area contributed by atoms with Crippen LogP contribution < -0.4 is 4.74 Å². The largest absolute Gasteiger partial charge is 0.493 e. The molecule has 0 amide bonds. The van der Waals surface area contributed by atoms with Crippen LogP contribution in [0.4, 0.5) is 0 Å². The molecule has 0 N–H and O–H groups in total. The summed E-state index contributed by atoms with van der Waals surface area (Å²) in [7, 11) is 0. The number of para-hydroxylation sites is 1. The summed E-state index contributed by atoms with van der Waals surface area (Å²) in [5.74, 6) is 0.974. The van der Waals surface area contributed by atoms with E-state index in [0.717, 1.165) is 24.3 Å². The lowest BCUT2D eigenvalue weighted by molar-refractivity contribution is 0.317. The molecule has 1 heteroatoms. The van der Waals surface area contributed by atoms with Gasteiger partial charge in [0, 0.05) is 5.56 Å². The average Bonchev–Trinajstić information content (AvgIpc) is 2.31. The van der Waals surface area contributed by atoms with Crippen LogP contribution >= 0.6 is 0 Å². The summed E-state index contributed by atoms with van der Waals surface area (Å²) < 4.78 is 5.59. The average molecular weight is 206 g/mol. The van der Waals surface area contributed by atoms with E-state index >= 15 is 0 Å². The van der Waals surface area contributed by atoms with Gasteiger partial charge in [0.15, 0.2) is 0 Å². The van der Waals surface area contributed by atoms with Gasteiger partial charge in [-0.05, 0) is 19.4 Å². The fourth-order valence-electron chi connectivity index (χ4n) is 1.14. The molecule has 0 unspecified atom stereocenters. The number of allylic oxidation sites excluding steroid dienone is 1. The lowest BCUT2D eigenvalue weighted by Gasteiger charge is -2.07. The Morgan fingerprint density at radius 3 is 2.47 bits per heavy atom. The summed E-state index contributed by atoms with van der Waals surface area (Å²) in [6, 6.07) is 8.09. The summed E-state index contributed by atoms with van der Waals surface area (Å²) in [4.78, 5) is 0. The Morgan fingerprint density at radius 1 is 1.20 bits per heavy atom. The van der Waals surface area contributed by atoms with Gasteiger partial charge in [-0.25, -0.2) is 0 Å². The van der Waals surface area contributed by atoms with Crippen molar-refractivity contribution in [1.29, 1.82) is 0 Å². The van der Waals surface area contributed by atoms with Crippen LogP contribution in [-0.2, 0) is 0 Å². The molecule has 1 nitrogen and oxygen atoms in total. The molecular formula is C14H22O. The maximum atomic E-state index is 5.59. The molecule has 0 aliphatic carbocycles. The normalized spacial score (nSPS) is 9.60. The molecule has 1 aromatic rings. The number of hydrogen-bond acceptors (Lipinski definition) is 1. The molecule has 0 aromatic heterocycles. The predicted octanol–water partition coefficient (Wildman–Crippen LogP) is 4.53. The van der Waals surface area contributed by atoms with E-state index in [-0.39, 0.29) is 0 Å². The summed E-state index contributed by atoms with van der Waals surface area (Å²) >= 11 is 0. The maximum Gasteiger partial charge on any atom is 0.126 e. The lowest BCUT2D eigenvalue weighted by atomic mass is 10.2. The number of benzene rings is 1. The second-order valence-electron chi connectivity index (χ2n) is 2.89. The first-order chi connectivity index (χ1) is 7.38. The van der Waals surface area contributed by atoms with E-state index in [2.05, 4.69) is 19.1 Å². The van der Waals surface area contributed by atoms with Crippen molar-refractivity contribution in [2.24, 2.45) is 0 Å². The van der Waals surface area contributed by atoms with Gasteiger partial charge in [0.2, 0.25) is 0 Å². The molecule has 0 fully saturated rings. The van der Waals surface area contributed by atoms with Crippen LogP contribution in [0.1, 0.15) is 39.7 Å². The van der Waals surface area contributed by atoms with Crippen molar-refractivity contribution >= 4 is 6.08 Å². The minimum Gasteiger partial charge on any atom is -0.493 e. The van der Waals surface area contributed by atoms with E-state index in [1.54, 1.807) is 0 Å². The quantitative estimate of drug-likeness (QED) is 0.703. The van der Waals surface area contributed by atoms with Crippen molar-refractivity contribution in [3.05, 3.63) is 35.9 Å². The predicted molar refractivity (Wildman–Crippen MR) is 68.3 cm³/mol. The molecular weight excluding hydrogens is 184 g/mol. The van der Waals surface area contributed by atoms with Gasteiger partial charge < -0.3 is 4.74 Å². The standard InChI is InChI=1S/C12H16O.C2H6/c1-3-7-11-8-5-6-9-12(11)13-10-4-2;1-2/h3,5-9H,4,10H2,1-2H3;1-2H3. The fraction of sp³-hybridized carbons (Fsp3) is 0.429. The van der Waals surface area contributed by atoms with E-state index in [0.29, 0.717) is 0 Å². The van der Waals surface area contributed by atoms with Crippen LogP contribution in [-0.4, -0.2) is 6.61 Å². The van der Waals surface area contributed by atoms with Crippen LogP contribution in [0, 0.1) is 0 Å². The number of hydrogen-bond donors (Lipinski definition) is 0. The Bertz CT molecular complexity index is 276. The van der Waals surface area contributed by atoms with Gasteiger partial charge in [-0.3, -0.25) is 0 Å². The molecule has 0 aliphatic heterocycles. The first-order valence-electron chi connectivity index (χ1n) is 5.73. The van der Waals surface area contributed by atoms with E-state index in [4.69, 9.17) is 4.74 Å². The van der Waals surface area contributed by atoms with Crippen LogP contribution in [0.5, 0.6) is 5.75 Å². The van der Waals surface area contributed by atoms with E-state index in [1.165, 1.54) is 0 Å². The van der Waals surface area contributed by atoms with Crippen LogP contribution in [0.3, 0.4) is 0 Å². The van der Waals surface area contributed by atoms with Crippen molar-refractivity contribution < 1.29 is 4.74 Å². The van der Waals surface area contributed by atoms with Crippen LogP contribution in [0.15, 0.2) is 30.3 Å². The first-order valence-corrected chi connectivity index (χ1v) is 5.73. The molecule has 0 saturated heterocycles. The Balaban J connectivity index is 0.000000921. The lowest BCUT2D eigenvalue weighted by Crippen LogP contribution is -1.96. The molecule has 84 valence electrons. The smallest absolute Gasteiger partial charge is 0.126 e. The molecule has 1 rings (SSSR count). The molecule has 1 aromatic carbocycles. The van der Waals surface area contributed by atoms with Crippen molar-refractivity contribution in [3.63, 3.8) is 0 Å². The van der Waals surface area contributed by atoms with E-state index < -0.39 is 0 Å². The Hall–Kier alpha value is -1.24. The van der Waals surface area contributed by atoms with E-state index in [9.17, 15) is 0 Å². The minimum atomic E-state index is 0.786. The topological polar surface area (TPSA) is 9.23 Å². The third-order valence-corrected chi connectivity index (χ3v) is 1.73. The van der Waals surface area contributed by atoms with Gasteiger partial charge in [0.1, 0.15) is 5.75 Å². The first kappa shape index (κ1) is 13.8. The maximum absolute atomic E-state index is 5.59. The molecule has 0 bridgehead atoms. The minimum absolute atomic E-state index is 0.786. The van der Waals surface area contributed by atoms with Crippen molar-refractivity contribution in [2.75, 3.05) is 6.61 Å². The molecule has 0 atom stereocenters. The van der Waals surface area contributed by atoms with Gasteiger partial charge in [0.05, 0.1) is 6.61 Å². The monoisotopic (exact) mass is 206 g/mol. The third-order valence-electron chi connectivity index (χ3n) is 1.73. The summed E-state index contributed by atoms with van der Waals surface area (Å²) in [6.07, 6.45) is 5.13. The second-order valence-corrected chi connectivity index (χ2v) is 2.89. The van der Waals surface area contributed by atoms with Gasteiger partial charge in [-0.15, -0.1) is 0 Å². The van der Waals surface area contributed by atoms with Crippen molar-refractivity contribution in [1.82, 2.24) is 0 Å². The zero-order valence-corrected chi connectivity index (χ0v) is 10.3. The molecule has 0 heterocycles. The SMILES string of the molecule is CC.CC=Cc1ccccc1OCCC. The van der Waals surface area contributed by atoms with Gasteiger partial charge >= 0.3 is 0 Å². The van der Waals surface area contributed by atoms with Crippen LogP contribution in [0.25, 0.3) is 6.08 Å². The fourth-order valence-corrected chi connectivity index (χ4v) is 1.14. The second kappa shape index (κ2) is 9.32. The Kier molecular flexibility index (Phi) is 8.55. The van der Waals surface area contributed by atoms with Gasteiger partial charge in [-0.1, -0.05) is 51.1 Å². The molecule has 0 saturated carbocycles. The highest BCUT2D eigenvalue weighted by atomic mass is 16.5. The molecule has 0 aliphatic rings. The Labute approximate surface area is 93.8 Å². The van der Waals surface area contributed by atoms with Gasteiger partial charge in [-0.2, -0.15) is 0 Å². The summed E-state index contributed by atoms with van der Waals surface area (Å²) in [5, 5.41) is 0. The summed E-state index contributed by atoms with van der Waals surface area (Å²) in [5.41, 5.74) is 1.15. The van der Waals surface area contributed by atoms with Crippen molar-refractivity contribution in [2.45, 2.75) is 34.1 Å². The highest BCUT2D eigenvalue weighted by Crippen LogP contribution is 2.19. The highest BCUT2D eigenvalue weighted by Gasteiger charge is 1.97. The zero-order chi connectivity index (χ0) is 11.5. The number of rotatable bonds is 4. The number of ether oxygens (including phenoxy) is 1. The highest BCUT2D eigenvalue weighted by molar-refractivity contribution is 5.56. The molecule has 0 radical (unpaired) electrons. The molecule has 0 spiro atoms. The Morgan fingerprint density at radius 2 is 1.87 bits per heavy atom. The summed E-state index contributed by atoms with van der Waals surface area (Å²) in [6.45, 7) is 8.91. The van der Waals surface area contributed by atoms with Crippen LogP contribution in [0.2, 0.25) is 0 Å². The third kappa shape index (κ3) is 5.26. The van der Waals surface area contributed by atoms with Gasteiger partial charge in [0.25, 0.3) is 0 Å². The zero-order valence-electron chi connectivity index (χ0n) is 10.3. The van der Waals surface area contributed by atoms with E-state index in [1.807, 2.05) is 45.0 Å².